The van der Waals surface area contributed by atoms with Gasteiger partial charge < -0.3 is 25.2 Å². The predicted molar refractivity (Wildman–Crippen MR) is 226 cm³/mol. The fourth-order valence-electron chi connectivity index (χ4n) is 6.04. The summed E-state index contributed by atoms with van der Waals surface area (Å²) < 4.78 is 26.8. The highest BCUT2D eigenvalue weighted by Gasteiger charge is 2.28. The average Bonchev–Trinajstić information content (AvgIpc) is 3.17. The largest absolute Gasteiger partial charge is 0.480 e. The van der Waals surface area contributed by atoms with Crippen LogP contribution in [0, 0.1) is 0 Å². The molecule has 0 radical (unpaired) electrons. The summed E-state index contributed by atoms with van der Waals surface area (Å²) in [5.41, 5.74) is 0. The molecule has 0 aliphatic rings. The normalized spacial score (nSPS) is 14.1. The number of aliphatic hydroxyl groups excluding tert-OH is 1. The van der Waals surface area contributed by atoms with E-state index in [2.05, 4.69) is 55.6 Å². The van der Waals surface area contributed by atoms with Crippen molar-refractivity contribution in [1.82, 2.24) is 5.32 Å². The first-order valence-corrected chi connectivity index (χ1v) is 23.5. The third-order valence-corrected chi connectivity index (χ3v) is 10.4. The lowest BCUT2D eigenvalue weighted by Gasteiger charge is -2.18. The Morgan fingerprint density at radius 2 is 1.04 bits per heavy atom. The minimum absolute atomic E-state index is 0.148. The molecule has 0 bridgehead atoms. The van der Waals surface area contributed by atoms with Crippen LogP contribution in [0.25, 0.3) is 0 Å². The SMILES string of the molecule is CC/C=C\C/C=C\C/C=C\CCCCCCCCCC(=O)OCC(O)COP(=O)(O)OCC(NC(=O)CCCCCCCCCCCCCCCCC)C(=O)O. The Bertz CT molecular complexity index is 1100. The molecule has 0 aromatic heterocycles. The maximum atomic E-state index is 12.3. The summed E-state index contributed by atoms with van der Waals surface area (Å²) in [5, 5.41) is 21.8. The van der Waals surface area contributed by atoms with Crippen molar-refractivity contribution in [2.45, 2.75) is 206 Å². The first-order valence-electron chi connectivity index (χ1n) is 22.0. The standard InChI is InChI=1S/C44H80NO10P/c1-3-5-7-9-11-13-15-17-19-20-22-24-26-28-30-32-34-36-43(48)53-37-40(46)38-54-56(51,52)55-39-41(44(49)50)45-42(47)35-33-31-29-27-25-23-21-18-16-14-12-10-8-6-4-2/h5,7,11,13,17,19,40-41,46H,3-4,6,8-10,12,14-16,18,20-39H2,1-2H3,(H,45,47)(H,49,50)(H,51,52)/b7-5-,13-11-,19-17-. The second kappa shape index (κ2) is 39.5. The number of aliphatic carboxylic acids is 1. The monoisotopic (exact) mass is 814 g/mol. The van der Waals surface area contributed by atoms with E-state index in [1.807, 2.05) is 0 Å². The topological polar surface area (TPSA) is 169 Å². The minimum atomic E-state index is -4.76. The molecule has 0 rings (SSSR count). The van der Waals surface area contributed by atoms with Gasteiger partial charge in [0, 0.05) is 12.8 Å². The average molecular weight is 814 g/mol. The number of carbonyl (C=O) groups is 3. The lowest BCUT2D eigenvalue weighted by molar-refractivity contribution is -0.147. The van der Waals surface area contributed by atoms with E-state index in [1.165, 1.54) is 83.5 Å². The van der Waals surface area contributed by atoms with Crippen LogP contribution in [0.3, 0.4) is 0 Å². The molecule has 0 aromatic rings. The number of aliphatic hydroxyl groups is 1. The molecule has 0 heterocycles. The summed E-state index contributed by atoms with van der Waals surface area (Å²) in [6.07, 6.45) is 41.6. The molecule has 0 saturated heterocycles. The Morgan fingerprint density at radius 3 is 1.55 bits per heavy atom. The van der Waals surface area contributed by atoms with Gasteiger partial charge in [0.2, 0.25) is 5.91 Å². The minimum Gasteiger partial charge on any atom is -0.480 e. The van der Waals surface area contributed by atoms with Gasteiger partial charge in [-0.3, -0.25) is 18.6 Å². The quantitative estimate of drug-likeness (QED) is 0.0202. The number of carboxylic acids is 1. The number of nitrogens with one attached hydrogen (secondary N) is 1. The number of phosphoric ester groups is 1. The van der Waals surface area contributed by atoms with Crippen molar-refractivity contribution in [1.29, 1.82) is 0 Å². The van der Waals surface area contributed by atoms with Crippen molar-refractivity contribution in [3.05, 3.63) is 36.5 Å². The molecule has 1 amide bonds. The van der Waals surface area contributed by atoms with Gasteiger partial charge in [-0.1, -0.05) is 172 Å². The molecule has 56 heavy (non-hydrogen) atoms. The summed E-state index contributed by atoms with van der Waals surface area (Å²) in [4.78, 5) is 45.9. The molecule has 11 nitrogen and oxygen atoms in total. The lowest BCUT2D eigenvalue weighted by atomic mass is 10.0. The van der Waals surface area contributed by atoms with Crippen LogP contribution in [-0.4, -0.2) is 64.9 Å². The molecular formula is C44H80NO10P. The van der Waals surface area contributed by atoms with E-state index in [1.54, 1.807) is 0 Å². The van der Waals surface area contributed by atoms with Gasteiger partial charge in [-0.2, -0.15) is 0 Å². The van der Waals surface area contributed by atoms with E-state index in [0.29, 0.717) is 12.8 Å². The Labute approximate surface area is 340 Å². The van der Waals surface area contributed by atoms with Gasteiger partial charge in [0.05, 0.1) is 13.2 Å². The molecule has 4 N–H and O–H groups in total. The summed E-state index contributed by atoms with van der Waals surface area (Å²) in [6, 6.07) is -1.54. The van der Waals surface area contributed by atoms with Crippen molar-refractivity contribution >= 4 is 25.7 Å². The highest BCUT2D eigenvalue weighted by molar-refractivity contribution is 7.47. The molecule has 0 spiro atoms. The van der Waals surface area contributed by atoms with Crippen LogP contribution in [-0.2, 0) is 32.7 Å². The van der Waals surface area contributed by atoms with E-state index < -0.39 is 57.6 Å². The van der Waals surface area contributed by atoms with E-state index >= 15 is 0 Å². The lowest BCUT2D eigenvalue weighted by Crippen LogP contribution is -2.43. The Hall–Kier alpha value is -2.30. The molecule has 0 aliphatic heterocycles. The molecule has 0 aliphatic carbocycles. The zero-order valence-electron chi connectivity index (χ0n) is 35.2. The van der Waals surface area contributed by atoms with Gasteiger partial charge >= 0.3 is 19.8 Å². The van der Waals surface area contributed by atoms with Gasteiger partial charge in [-0.25, -0.2) is 9.36 Å². The van der Waals surface area contributed by atoms with E-state index in [4.69, 9.17) is 13.8 Å². The highest BCUT2D eigenvalue weighted by Crippen LogP contribution is 2.43. The number of esters is 1. The number of allylic oxidation sites excluding steroid dienone is 6. The molecule has 0 fully saturated rings. The van der Waals surface area contributed by atoms with Crippen LogP contribution >= 0.6 is 7.82 Å². The number of phosphoric acid groups is 1. The second-order valence-corrected chi connectivity index (χ2v) is 16.3. The summed E-state index contributed by atoms with van der Waals surface area (Å²) in [7, 11) is -4.76. The number of unbranched alkanes of at least 4 members (excludes halogenated alkanes) is 21. The summed E-state index contributed by atoms with van der Waals surface area (Å²) in [6.45, 7) is 2.48. The van der Waals surface area contributed by atoms with Crippen molar-refractivity contribution < 1.29 is 47.8 Å². The molecule has 3 unspecified atom stereocenters. The second-order valence-electron chi connectivity index (χ2n) is 14.9. The number of amides is 1. The van der Waals surface area contributed by atoms with Crippen molar-refractivity contribution in [3.8, 4) is 0 Å². The predicted octanol–water partition coefficient (Wildman–Crippen LogP) is 11.2. The zero-order chi connectivity index (χ0) is 41.4. The van der Waals surface area contributed by atoms with Crippen molar-refractivity contribution in [3.63, 3.8) is 0 Å². The van der Waals surface area contributed by atoms with E-state index in [9.17, 15) is 34.1 Å². The number of hydrogen-bond donors (Lipinski definition) is 4. The smallest absolute Gasteiger partial charge is 0.472 e. The fourth-order valence-corrected chi connectivity index (χ4v) is 6.81. The molecule has 0 aromatic carbocycles. The van der Waals surface area contributed by atoms with Crippen molar-refractivity contribution in [2.75, 3.05) is 19.8 Å². The number of carboxylic acid groups (broad SMARTS) is 1. The third-order valence-electron chi connectivity index (χ3n) is 9.44. The van der Waals surface area contributed by atoms with Gasteiger partial charge in [0.25, 0.3) is 0 Å². The number of carbonyl (C=O) groups excluding carboxylic acids is 2. The van der Waals surface area contributed by atoms with Gasteiger partial charge in [0.15, 0.2) is 6.04 Å². The Kier molecular flexibility index (Phi) is 37.9. The number of rotatable bonds is 41. The third kappa shape index (κ3) is 38.6. The summed E-state index contributed by atoms with van der Waals surface area (Å²) >= 11 is 0. The zero-order valence-corrected chi connectivity index (χ0v) is 36.1. The van der Waals surface area contributed by atoms with Gasteiger partial charge in [0.1, 0.15) is 12.7 Å². The molecule has 0 saturated carbocycles. The first kappa shape index (κ1) is 53.7. The van der Waals surface area contributed by atoms with Crippen LogP contribution in [0.4, 0.5) is 0 Å². The van der Waals surface area contributed by atoms with Crippen LogP contribution in [0.5, 0.6) is 0 Å². The van der Waals surface area contributed by atoms with Crippen molar-refractivity contribution in [2.24, 2.45) is 0 Å². The van der Waals surface area contributed by atoms with Crippen LogP contribution < -0.4 is 5.32 Å². The highest BCUT2D eigenvalue weighted by atomic mass is 31.2. The Balaban J connectivity index is 3.90. The van der Waals surface area contributed by atoms with E-state index in [0.717, 1.165) is 70.6 Å². The van der Waals surface area contributed by atoms with E-state index in [-0.39, 0.29) is 12.8 Å². The van der Waals surface area contributed by atoms with Crippen LogP contribution in [0.15, 0.2) is 36.5 Å². The van der Waals surface area contributed by atoms with Crippen LogP contribution in [0.2, 0.25) is 0 Å². The van der Waals surface area contributed by atoms with Crippen LogP contribution in [0.1, 0.15) is 194 Å². The number of hydrogen-bond acceptors (Lipinski definition) is 8. The Morgan fingerprint density at radius 1 is 0.589 bits per heavy atom. The molecule has 326 valence electrons. The number of ether oxygens (including phenoxy) is 1. The maximum absolute atomic E-state index is 12.3. The maximum Gasteiger partial charge on any atom is 0.472 e. The fraction of sp³-hybridized carbons (Fsp3) is 0.795. The first-order chi connectivity index (χ1) is 27.1. The van der Waals surface area contributed by atoms with Gasteiger partial charge in [-0.15, -0.1) is 0 Å². The van der Waals surface area contributed by atoms with Gasteiger partial charge in [-0.05, 0) is 44.9 Å². The molecular weight excluding hydrogens is 733 g/mol. The molecule has 3 atom stereocenters. The summed E-state index contributed by atoms with van der Waals surface area (Å²) in [5.74, 6) is -2.38. The molecule has 12 heteroatoms.